The largest absolute Gasteiger partial charge is 0.477 e. The standard InChI is InChI=1S/C13H8BrClN2O3/c14-10-2-1-7(15)5-9(10)12(18)17-8-3-4-16-11(6-8)13(19)20/h1-6H,(H,19,20)(H,16,17,18). The summed E-state index contributed by atoms with van der Waals surface area (Å²) in [6.45, 7) is 0. The quantitative estimate of drug-likeness (QED) is 0.884. The van der Waals surface area contributed by atoms with Gasteiger partial charge in [0.2, 0.25) is 0 Å². The van der Waals surface area contributed by atoms with Gasteiger partial charge in [0, 0.05) is 21.4 Å². The van der Waals surface area contributed by atoms with Gasteiger partial charge in [-0.1, -0.05) is 11.6 Å². The molecule has 5 nitrogen and oxygen atoms in total. The number of carboxylic acid groups (broad SMARTS) is 1. The molecule has 102 valence electrons. The third-order valence-corrected chi connectivity index (χ3v) is 3.34. The molecule has 1 heterocycles. The molecule has 0 spiro atoms. The maximum absolute atomic E-state index is 12.1. The summed E-state index contributed by atoms with van der Waals surface area (Å²) in [5, 5.41) is 11.9. The molecule has 1 amide bonds. The number of aromatic nitrogens is 1. The second-order valence-corrected chi connectivity index (χ2v) is 5.10. The first-order valence-corrected chi connectivity index (χ1v) is 6.60. The molecule has 1 aromatic carbocycles. The second kappa shape index (κ2) is 6.02. The van der Waals surface area contributed by atoms with Crippen molar-refractivity contribution in [3.8, 4) is 0 Å². The van der Waals surface area contributed by atoms with Crippen molar-refractivity contribution in [2.75, 3.05) is 5.32 Å². The minimum atomic E-state index is -1.16. The van der Waals surface area contributed by atoms with E-state index in [1.165, 1.54) is 24.4 Å². The maximum atomic E-state index is 12.1. The number of carbonyl (C=O) groups is 2. The minimum Gasteiger partial charge on any atom is -0.477 e. The van der Waals surface area contributed by atoms with Gasteiger partial charge in [0.15, 0.2) is 0 Å². The molecule has 0 aliphatic rings. The third kappa shape index (κ3) is 3.34. The molecule has 0 bridgehead atoms. The monoisotopic (exact) mass is 354 g/mol. The third-order valence-electron chi connectivity index (χ3n) is 2.41. The lowest BCUT2D eigenvalue weighted by Gasteiger charge is -2.07. The zero-order valence-electron chi connectivity index (χ0n) is 9.93. The molecule has 0 saturated heterocycles. The van der Waals surface area contributed by atoms with Gasteiger partial charge in [-0.2, -0.15) is 0 Å². The molecular formula is C13H8BrClN2O3. The predicted octanol–water partition coefficient (Wildman–Crippen LogP) is 3.45. The van der Waals surface area contributed by atoms with Gasteiger partial charge >= 0.3 is 5.97 Å². The van der Waals surface area contributed by atoms with Gasteiger partial charge in [-0.3, -0.25) is 4.79 Å². The number of aromatic carboxylic acids is 1. The highest BCUT2D eigenvalue weighted by molar-refractivity contribution is 9.10. The lowest BCUT2D eigenvalue weighted by molar-refractivity contribution is 0.0690. The van der Waals surface area contributed by atoms with Gasteiger partial charge in [-0.25, -0.2) is 9.78 Å². The van der Waals surface area contributed by atoms with Crippen molar-refractivity contribution in [2.45, 2.75) is 0 Å². The zero-order valence-corrected chi connectivity index (χ0v) is 12.3. The van der Waals surface area contributed by atoms with Crippen LogP contribution >= 0.6 is 27.5 Å². The van der Waals surface area contributed by atoms with Crippen molar-refractivity contribution in [2.24, 2.45) is 0 Å². The Balaban J connectivity index is 2.25. The first-order chi connectivity index (χ1) is 9.47. The summed E-state index contributed by atoms with van der Waals surface area (Å²) < 4.78 is 0.590. The van der Waals surface area contributed by atoms with Crippen molar-refractivity contribution >= 4 is 45.1 Å². The Kier molecular flexibility index (Phi) is 4.36. The fourth-order valence-electron chi connectivity index (χ4n) is 1.50. The van der Waals surface area contributed by atoms with Crippen LogP contribution in [0.2, 0.25) is 5.02 Å². The Morgan fingerprint density at radius 2 is 2.00 bits per heavy atom. The van der Waals surface area contributed by atoms with Crippen LogP contribution < -0.4 is 5.32 Å². The van der Waals surface area contributed by atoms with Crippen molar-refractivity contribution in [1.82, 2.24) is 4.98 Å². The normalized spacial score (nSPS) is 10.1. The van der Waals surface area contributed by atoms with E-state index in [0.717, 1.165) is 0 Å². The zero-order chi connectivity index (χ0) is 14.7. The molecule has 0 saturated carbocycles. The van der Waals surface area contributed by atoms with Crippen LogP contribution in [0.25, 0.3) is 0 Å². The highest BCUT2D eigenvalue weighted by Gasteiger charge is 2.12. The Morgan fingerprint density at radius 3 is 2.70 bits per heavy atom. The fourth-order valence-corrected chi connectivity index (χ4v) is 2.09. The summed E-state index contributed by atoms with van der Waals surface area (Å²) in [7, 11) is 0. The molecular weight excluding hydrogens is 348 g/mol. The van der Waals surface area contributed by atoms with E-state index in [2.05, 4.69) is 26.2 Å². The van der Waals surface area contributed by atoms with E-state index < -0.39 is 11.9 Å². The molecule has 20 heavy (non-hydrogen) atoms. The minimum absolute atomic E-state index is 0.145. The van der Waals surface area contributed by atoms with Crippen LogP contribution in [-0.2, 0) is 0 Å². The summed E-state index contributed by atoms with van der Waals surface area (Å²) in [6.07, 6.45) is 1.31. The Labute approximate surface area is 127 Å². The molecule has 0 fully saturated rings. The SMILES string of the molecule is O=C(O)c1cc(NC(=O)c2cc(Cl)ccc2Br)ccn1. The van der Waals surface area contributed by atoms with E-state index in [0.29, 0.717) is 20.7 Å². The average molecular weight is 356 g/mol. The van der Waals surface area contributed by atoms with Gasteiger partial charge < -0.3 is 10.4 Å². The van der Waals surface area contributed by atoms with E-state index in [9.17, 15) is 9.59 Å². The van der Waals surface area contributed by atoms with Crippen molar-refractivity contribution in [1.29, 1.82) is 0 Å². The van der Waals surface area contributed by atoms with E-state index in [1.54, 1.807) is 12.1 Å². The Morgan fingerprint density at radius 1 is 1.25 bits per heavy atom. The summed E-state index contributed by atoms with van der Waals surface area (Å²) in [6, 6.07) is 7.60. The molecule has 0 unspecified atom stereocenters. The first-order valence-electron chi connectivity index (χ1n) is 5.43. The highest BCUT2D eigenvalue weighted by Crippen LogP contribution is 2.22. The van der Waals surface area contributed by atoms with Crippen LogP contribution in [0.1, 0.15) is 20.8 Å². The number of amides is 1. The molecule has 2 N–H and O–H groups in total. The summed E-state index contributed by atoms with van der Waals surface area (Å²) in [5.74, 6) is -1.56. The Bertz CT molecular complexity index is 691. The van der Waals surface area contributed by atoms with Crippen LogP contribution in [0.15, 0.2) is 41.0 Å². The van der Waals surface area contributed by atoms with Gasteiger partial charge in [0.05, 0.1) is 5.56 Å². The predicted molar refractivity (Wildman–Crippen MR) is 78.3 cm³/mol. The van der Waals surface area contributed by atoms with Gasteiger partial charge in [0.25, 0.3) is 5.91 Å². The lowest BCUT2D eigenvalue weighted by atomic mass is 10.2. The smallest absolute Gasteiger partial charge is 0.354 e. The molecule has 2 rings (SSSR count). The number of nitrogens with one attached hydrogen (secondary N) is 1. The lowest BCUT2D eigenvalue weighted by Crippen LogP contribution is -2.13. The van der Waals surface area contributed by atoms with Crippen LogP contribution in [0.5, 0.6) is 0 Å². The number of anilines is 1. The number of benzene rings is 1. The van der Waals surface area contributed by atoms with Crippen LogP contribution in [-0.4, -0.2) is 22.0 Å². The number of pyridine rings is 1. The number of hydrogen-bond acceptors (Lipinski definition) is 3. The molecule has 0 aliphatic carbocycles. The van der Waals surface area contributed by atoms with E-state index in [-0.39, 0.29) is 5.69 Å². The van der Waals surface area contributed by atoms with E-state index >= 15 is 0 Å². The number of carbonyl (C=O) groups excluding carboxylic acids is 1. The number of nitrogens with zero attached hydrogens (tertiary/aromatic N) is 1. The summed E-state index contributed by atoms with van der Waals surface area (Å²) >= 11 is 9.10. The van der Waals surface area contributed by atoms with Gasteiger partial charge in [0.1, 0.15) is 5.69 Å². The number of halogens is 2. The van der Waals surface area contributed by atoms with Crippen molar-refractivity contribution in [3.63, 3.8) is 0 Å². The molecule has 7 heteroatoms. The van der Waals surface area contributed by atoms with E-state index in [1.807, 2.05) is 0 Å². The highest BCUT2D eigenvalue weighted by atomic mass is 79.9. The van der Waals surface area contributed by atoms with Gasteiger partial charge in [-0.15, -0.1) is 0 Å². The second-order valence-electron chi connectivity index (χ2n) is 3.81. The number of carboxylic acids is 1. The van der Waals surface area contributed by atoms with Crippen molar-refractivity contribution < 1.29 is 14.7 Å². The first kappa shape index (κ1) is 14.5. The summed E-state index contributed by atoms with van der Waals surface area (Å²) in [4.78, 5) is 26.6. The van der Waals surface area contributed by atoms with Crippen LogP contribution in [0, 0.1) is 0 Å². The topological polar surface area (TPSA) is 79.3 Å². The molecule has 2 aromatic rings. The van der Waals surface area contributed by atoms with E-state index in [4.69, 9.17) is 16.7 Å². The molecule has 0 radical (unpaired) electrons. The van der Waals surface area contributed by atoms with Gasteiger partial charge in [-0.05, 0) is 46.3 Å². The molecule has 1 aromatic heterocycles. The average Bonchev–Trinajstić information content (AvgIpc) is 2.41. The Hall–Kier alpha value is -1.92. The molecule has 0 atom stereocenters. The van der Waals surface area contributed by atoms with Crippen LogP contribution in [0.3, 0.4) is 0 Å². The molecule has 0 aliphatic heterocycles. The maximum Gasteiger partial charge on any atom is 0.354 e. The van der Waals surface area contributed by atoms with Crippen molar-refractivity contribution in [3.05, 3.63) is 57.3 Å². The van der Waals surface area contributed by atoms with Crippen LogP contribution in [0.4, 0.5) is 5.69 Å². The summed E-state index contributed by atoms with van der Waals surface area (Å²) in [5.41, 5.74) is 0.549. The number of hydrogen-bond donors (Lipinski definition) is 2. The fraction of sp³-hybridized carbons (Fsp3) is 0. The number of rotatable bonds is 3.